The number of nitrogens with zero attached hydrogens (tertiary/aromatic N) is 3. The molecule has 0 saturated carbocycles. The Morgan fingerprint density at radius 2 is 1.46 bits per heavy atom. The molecule has 0 spiro atoms. The Kier molecular flexibility index (Phi) is 10.7. The lowest BCUT2D eigenvalue weighted by Crippen LogP contribution is -2.55. The van der Waals surface area contributed by atoms with Crippen LogP contribution in [0.3, 0.4) is 0 Å². The molecule has 9 heteroatoms. The summed E-state index contributed by atoms with van der Waals surface area (Å²) in [5, 5.41) is 2.97. The molecular formula is C32H42N4O4S. The SMILES string of the molecule is Cc1cccc(CN(C(=O)CN(c2cc(C)ccc2C)S(=O)(=O)N(C)C)C(Cc2ccccc2)C(=O)NC(C)C)c1. The van der Waals surface area contributed by atoms with Gasteiger partial charge in [0.25, 0.3) is 0 Å². The van der Waals surface area contributed by atoms with Crippen LogP contribution in [0.25, 0.3) is 0 Å². The molecule has 3 rings (SSSR count). The Labute approximate surface area is 245 Å². The quantitative estimate of drug-likeness (QED) is 0.345. The van der Waals surface area contributed by atoms with E-state index in [4.69, 9.17) is 0 Å². The number of aryl methyl sites for hydroxylation is 3. The number of anilines is 1. The number of hydrogen-bond acceptors (Lipinski definition) is 4. The van der Waals surface area contributed by atoms with Gasteiger partial charge in [-0.1, -0.05) is 72.3 Å². The van der Waals surface area contributed by atoms with Crippen LogP contribution in [0.2, 0.25) is 0 Å². The molecule has 1 unspecified atom stereocenters. The van der Waals surface area contributed by atoms with Gasteiger partial charge in [0.1, 0.15) is 12.6 Å². The Morgan fingerprint density at radius 3 is 2.07 bits per heavy atom. The molecule has 0 heterocycles. The van der Waals surface area contributed by atoms with Crippen LogP contribution >= 0.6 is 0 Å². The summed E-state index contributed by atoms with van der Waals surface area (Å²) in [5.41, 5.74) is 4.78. The van der Waals surface area contributed by atoms with Crippen LogP contribution in [0.5, 0.6) is 0 Å². The Bertz CT molecular complexity index is 1460. The Hall–Kier alpha value is -3.69. The lowest BCUT2D eigenvalue weighted by atomic mass is 10.0. The Balaban J connectivity index is 2.13. The minimum absolute atomic E-state index is 0.141. The molecule has 0 aliphatic rings. The molecule has 3 aromatic carbocycles. The van der Waals surface area contributed by atoms with E-state index in [0.29, 0.717) is 5.69 Å². The molecule has 0 saturated heterocycles. The van der Waals surface area contributed by atoms with Gasteiger partial charge in [-0.05, 0) is 62.9 Å². The van der Waals surface area contributed by atoms with Crippen LogP contribution in [0.15, 0.2) is 72.8 Å². The highest BCUT2D eigenvalue weighted by atomic mass is 32.2. The third kappa shape index (κ3) is 8.41. The van der Waals surface area contributed by atoms with Gasteiger partial charge in [0.05, 0.1) is 5.69 Å². The molecule has 0 radical (unpaired) electrons. The fraction of sp³-hybridized carbons (Fsp3) is 0.375. The van der Waals surface area contributed by atoms with Crippen LogP contribution in [0.4, 0.5) is 5.69 Å². The fourth-order valence-electron chi connectivity index (χ4n) is 4.63. The van der Waals surface area contributed by atoms with Gasteiger partial charge in [0.15, 0.2) is 0 Å². The van der Waals surface area contributed by atoms with Crippen LogP contribution in [0, 0.1) is 20.8 Å². The minimum Gasteiger partial charge on any atom is -0.352 e. The van der Waals surface area contributed by atoms with Crippen LogP contribution in [-0.4, -0.2) is 62.2 Å². The maximum Gasteiger partial charge on any atom is 0.304 e. The summed E-state index contributed by atoms with van der Waals surface area (Å²) in [5.74, 6) is -0.767. The number of hydrogen-bond donors (Lipinski definition) is 1. The summed E-state index contributed by atoms with van der Waals surface area (Å²) in [4.78, 5) is 29.5. The van der Waals surface area contributed by atoms with Crippen molar-refractivity contribution in [2.75, 3.05) is 24.9 Å². The summed E-state index contributed by atoms with van der Waals surface area (Å²) in [6, 6.07) is 21.8. The van der Waals surface area contributed by atoms with Crippen LogP contribution < -0.4 is 9.62 Å². The Morgan fingerprint density at radius 1 is 0.829 bits per heavy atom. The van der Waals surface area contributed by atoms with Gasteiger partial charge in [-0.15, -0.1) is 0 Å². The van der Waals surface area contributed by atoms with Gasteiger partial charge < -0.3 is 10.2 Å². The van der Waals surface area contributed by atoms with Crippen molar-refractivity contribution in [3.63, 3.8) is 0 Å². The first-order valence-corrected chi connectivity index (χ1v) is 15.2. The molecule has 1 atom stereocenters. The van der Waals surface area contributed by atoms with Crippen molar-refractivity contribution < 1.29 is 18.0 Å². The third-order valence-electron chi connectivity index (χ3n) is 6.79. The standard InChI is InChI=1S/C32H42N4O4S/c1-23(2)33-32(38)30(20-27-13-9-8-10-14-27)35(21-28-15-11-12-24(3)18-28)31(37)22-36(41(39,40)34(6)7)29-19-25(4)16-17-26(29)5/h8-19,23,30H,20-22H2,1-7H3,(H,33,38). The molecular weight excluding hydrogens is 536 g/mol. The number of benzene rings is 3. The second-order valence-corrected chi connectivity index (χ2v) is 13.0. The average Bonchev–Trinajstić information content (AvgIpc) is 2.90. The summed E-state index contributed by atoms with van der Waals surface area (Å²) in [6.45, 7) is 9.08. The molecule has 2 amide bonds. The number of amides is 2. The molecule has 8 nitrogen and oxygen atoms in total. The van der Waals surface area contributed by atoms with Crippen molar-refractivity contribution in [1.29, 1.82) is 0 Å². The highest BCUT2D eigenvalue weighted by Gasteiger charge is 2.35. The van der Waals surface area contributed by atoms with Crippen LogP contribution in [-0.2, 0) is 32.8 Å². The van der Waals surface area contributed by atoms with E-state index in [1.54, 1.807) is 6.07 Å². The lowest BCUT2D eigenvalue weighted by Gasteiger charge is -2.35. The van der Waals surface area contributed by atoms with E-state index in [9.17, 15) is 18.0 Å². The fourth-order valence-corrected chi connectivity index (χ4v) is 5.74. The molecule has 0 fully saturated rings. The normalized spacial score (nSPS) is 12.3. The molecule has 220 valence electrons. The van der Waals surface area contributed by atoms with Crippen molar-refractivity contribution in [2.45, 2.75) is 59.7 Å². The van der Waals surface area contributed by atoms with E-state index in [-0.39, 0.29) is 24.9 Å². The number of carbonyl (C=O) groups excluding carboxylic acids is 2. The lowest BCUT2D eigenvalue weighted by molar-refractivity contribution is -0.140. The van der Waals surface area contributed by atoms with Crippen molar-refractivity contribution in [1.82, 2.24) is 14.5 Å². The molecule has 41 heavy (non-hydrogen) atoms. The number of rotatable bonds is 12. The zero-order valence-electron chi connectivity index (χ0n) is 25.1. The van der Waals surface area contributed by atoms with Crippen molar-refractivity contribution >= 4 is 27.7 Å². The molecule has 0 aromatic heterocycles. The van der Waals surface area contributed by atoms with E-state index in [1.807, 2.05) is 101 Å². The van der Waals surface area contributed by atoms with Gasteiger partial charge in [-0.3, -0.25) is 9.59 Å². The zero-order chi connectivity index (χ0) is 30.3. The van der Waals surface area contributed by atoms with E-state index in [2.05, 4.69) is 5.32 Å². The summed E-state index contributed by atoms with van der Waals surface area (Å²) in [6.07, 6.45) is 0.279. The van der Waals surface area contributed by atoms with Crippen LogP contribution in [0.1, 0.15) is 41.7 Å². The average molecular weight is 579 g/mol. The smallest absolute Gasteiger partial charge is 0.304 e. The highest BCUT2D eigenvalue weighted by molar-refractivity contribution is 7.90. The monoisotopic (exact) mass is 578 g/mol. The maximum absolute atomic E-state index is 14.3. The molecule has 3 aromatic rings. The van der Waals surface area contributed by atoms with E-state index < -0.39 is 28.7 Å². The van der Waals surface area contributed by atoms with E-state index in [1.165, 1.54) is 19.0 Å². The molecule has 0 bridgehead atoms. The first kappa shape index (κ1) is 31.8. The topological polar surface area (TPSA) is 90.0 Å². The van der Waals surface area contributed by atoms with E-state index in [0.717, 1.165) is 36.4 Å². The van der Waals surface area contributed by atoms with E-state index >= 15 is 0 Å². The predicted molar refractivity (Wildman–Crippen MR) is 165 cm³/mol. The highest BCUT2D eigenvalue weighted by Crippen LogP contribution is 2.26. The summed E-state index contributed by atoms with van der Waals surface area (Å²) >= 11 is 0. The number of nitrogens with one attached hydrogen (secondary N) is 1. The van der Waals surface area contributed by atoms with Crippen molar-refractivity contribution in [3.8, 4) is 0 Å². The molecule has 0 aliphatic heterocycles. The third-order valence-corrected chi connectivity index (χ3v) is 8.60. The van der Waals surface area contributed by atoms with Gasteiger partial charge >= 0.3 is 10.2 Å². The second-order valence-electron chi connectivity index (χ2n) is 11.0. The van der Waals surface area contributed by atoms with Gasteiger partial charge in [-0.2, -0.15) is 12.7 Å². The van der Waals surface area contributed by atoms with Gasteiger partial charge in [0, 0.05) is 33.1 Å². The van der Waals surface area contributed by atoms with Crippen molar-refractivity contribution in [3.05, 3.63) is 101 Å². The largest absolute Gasteiger partial charge is 0.352 e. The second kappa shape index (κ2) is 13.8. The first-order chi connectivity index (χ1) is 19.3. The first-order valence-electron chi connectivity index (χ1n) is 13.8. The van der Waals surface area contributed by atoms with Crippen molar-refractivity contribution in [2.24, 2.45) is 0 Å². The summed E-state index contributed by atoms with van der Waals surface area (Å²) < 4.78 is 29.4. The maximum atomic E-state index is 14.3. The predicted octanol–water partition coefficient (Wildman–Crippen LogP) is 4.39. The summed E-state index contributed by atoms with van der Waals surface area (Å²) in [7, 11) is -1.16. The van der Waals surface area contributed by atoms with Gasteiger partial charge in [0.2, 0.25) is 11.8 Å². The molecule has 1 N–H and O–H groups in total. The molecule has 0 aliphatic carbocycles. The van der Waals surface area contributed by atoms with Gasteiger partial charge in [-0.25, -0.2) is 4.31 Å². The number of carbonyl (C=O) groups is 2. The minimum atomic E-state index is -4.04. The zero-order valence-corrected chi connectivity index (χ0v) is 25.9.